The van der Waals surface area contributed by atoms with Crippen LogP contribution in [0.4, 0.5) is 5.82 Å². The topological polar surface area (TPSA) is 69.2 Å². The van der Waals surface area contributed by atoms with Gasteiger partial charge in [0, 0.05) is 19.0 Å². The predicted octanol–water partition coefficient (Wildman–Crippen LogP) is 0.458. The number of rotatable bonds is 4. The molecule has 0 aromatic carbocycles. The van der Waals surface area contributed by atoms with E-state index in [9.17, 15) is 0 Å². The largest absolute Gasteiger partial charge is 0.381 e. The van der Waals surface area contributed by atoms with E-state index in [0.29, 0.717) is 11.7 Å². The summed E-state index contributed by atoms with van der Waals surface area (Å²) in [5.74, 6) is 1.17. The van der Waals surface area contributed by atoms with Crippen molar-refractivity contribution < 1.29 is 4.74 Å². The summed E-state index contributed by atoms with van der Waals surface area (Å²) < 4.78 is 7.76. The first-order valence-electron chi connectivity index (χ1n) is 6.80. The van der Waals surface area contributed by atoms with Gasteiger partial charge in [-0.15, -0.1) is 5.10 Å². The Morgan fingerprint density at radius 1 is 1.44 bits per heavy atom. The minimum atomic E-state index is 0.206. The molecule has 100 valence electrons. The van der Waals surface area contributed by atoms with E-state index in [4.69, 9.17) is 10.5 Å². The lowest BCUT2D eigenvalue weighted by Gasteiger charge is -2.32. The molecule has 1 aliphatic heterocycles. The highest BCUT2D eigenvalue weighted by atomic mass is 16.5. The highest BCUT2D eigenvalue weighted by Gasteiger charge is 2.31. The molecule has 6 heteroatoms. The highest BCUT2D eigenvalue weighted by molar-refractivity contribution is 5.38. The summed E-state index contributed by atoms with van der Waals surface area (Å²) in [7, 11) is 0. The molecule has 1 saturated heterocycles. The molecule has 2 fully saturated rings. The van der Waals surface area contributed by atoms with Gasteiger partial charge in [-0.25, -0.2) is 4.68 Å². The lowest BCUT2D eigenvalue weighted by Crippen LogP contribution is -2.44. The second-order valence-corrected chi connectivity index (χ2v) is 5.20. The summed E-state index contributed by atoms with van der Waals surface area (Å²) in [6, 6.07) is 0. The maximum atomic E-state index is 5.90. The summed E-state index contributed by atoms with van der Waals surface area (Å²) in [5, 5.41) is 8.17. The summed E-state index contributed by atoms with van der Waals surface area (Å²) in [4.78, 5) is 2.41. The molecule has 0 amide bonds. The Morgan fingerprint density at radius 3 is 3.00 bits per heavy atom. The number of hydrogen-bond donors (Lipinski definition) is 1. The third kappa shape index (κ3) is 2.35. The molecule has 1 saturated carbocycles. The van der Waals surface area contributed by atoms with Gasteiger partial charge in [-0.3, -0.25) is 4.90 Å². The number of likely N-dealkylation sites (N-methyl/N-ethyl adjacent to an activating group) is 1. The first kappa shape index (κ1) is 11.9. The monoisotopic (exact) mass is 251 g/mol. The van der Waals surface area contributed by atoms with Crippen molar-refractivity contribution in [1.29, 1.82) is 0 Å². The zero-order valence-corrected chi connectivity index (χ0v) is 10.9. The van der Waals surface area contributed by atoms with Crippen LogP contribution in [0.5, 0.6) is 0 Å². The molecule has 1 aromatic rings. The maximum absolute atomic E-state index is 5.90. The van der Waals surface area contributed by atoms with Crippen molar-refractivity contribution in [2.24, 2.45) is 0 Å². The summed E-state index contributed by atoms with van der Waals surface area (Å²) in [5.41, 5.74) is 7.01. The van der Waals surface area contributed by atoms with Crippen molar-refractivity contribution in [3.05, 3.63) is 5.69 Å². The Labute approximate surface area is 107 Å². The lowest BCUT2D eigenvalue weighted by atomic mass is 10.2. The van der Waals surface area contributed by atoms with Crippen LogP contribution in [0, 0.1) is 0 Å². The number of aromatic nitrogens is 3. The average molecular weight is 251 g/mol. The Bertz CT molecular complexity index is 415. The molecule has 6 nitrogen and oxygen atoms in total. The second kappa shape index (κ2) is 4.85. The summed E-state index contributed by atoms with van der Waals surface area (Å²) >= 11 is 0. The Morgan fingerprint density at radius 2 is 2.28 bits per heavy atom. The lowest BCUT2D eigenvalue weighted by molar-refractivity contribution is -0.0363. The fourth-order valence-electron chi connectivity index (χ4n) is 2.62. The summed E-state index contributed by atoms with van der Waals surface area (Å²) in [6.07, 6.45) is 2.63. The van der Waals surface area contributed by atoms with Crippen molar-refractivity contribution in [2.75, 3.05) is 32.0 Å². The van der Waals surface area contributed by atoms with Gasteiger partial charge in [0.25, 0.3) is 0 Å². The van der Waals surface area contributed by atoms with Crippen LogP contribution in [0.25, 0.3) is 0 Å². The SMILES string of the molecule is CCN1CCOC(Cn2nnc(N)c2C2CC2)C1. The molecule has 0 radical (unpaired) electrons. The molecule has 2 aliphatic rings. The van der Waals surface area contributed by atoms with Crippen molar-refractivity contribution in [3.63, 3.8) is 0 Å². The van der Waals surface area contributed by atoms with E-state index in [2.05, 4.69) is 22.1 Å². The van der Waals surface area contributed by atoms with Gasteiger partial charge in [0.2, 0.25) is 0 Å². The molecular formula is C12H21N5O. The number of nitrogen functional groups attached to an aromatic ring is 1. The molecule has 18 heavy (non-hydrogen) atoms. The van der Waals surface area contributed by atoms with E-state index >= 15 is 0 Å². The first-order chi connectivity index (χ1) is 8.78. The van der Waals surface area contributed by atoms with Gasteiger partial charge in [0.05, 0.1) is 24.9 Å². The molecule has 1 atom stereocenters. The van der Waals surface area contributed by atoms with Gasteiger partial charge in [-0.2, -0.15) is 0 Å². The van der Waals surface area contributed by atoms with Crippen molar-refractivity contribution >= 4 is 5.82 Å². The molecule has 1 unspecified atom stereocenters. The number of anilines is 1. The number of ether oxygens (including phenoxy) is 1. The quantitative estimate of drug-likeness (QED) is 0.842. The van der Waals surface area contributed by atoms with Gasteiger partial charge in [0.15, 0.2) is 5.82 Å². The van der Waals surface area contributed by atoms with E-state index < -0.39 is 0 Å². The molecule has 2 N–H and O–H groups in total. The number of hydrogen-bond acceptors (Lipinski definition) is 5. The van der Waals surface area contributed by atoms with Crippen LogP contribution >= 0.6 is 0 Å². The smallest absolute Gasteiger partial charge is 0.169 e. The minimum absolute atomic E-state index is 0.206. The zero-order valence-electron chi connectivity index (χ0n) is 10.9. The molecule has 1 aliphatic carbocycles. The molecule has 3 rings (SSSR count). The summed E-state index contributed by atoms with van der Waals surface area (Å²) in [6.45, 7) is 6.84. The van der Waals surface area contributed by atoms with Crippen molar-refractivity contribution in [1.82, 2.24) is 19.9 Å². The fraction of sp³-hybridized carbons (Fsp3) is 0.833. The third-order valence-electron chi connectivity index (χ3n) is 3.81. The maximum Gasteiger partial charge on any atom is 0.169 e. The van der Waals surface area contributed by atoms with E-state index in [1.54, 1.807) is 0 Å². The van der Waals surface area contributed by atoms with Crippen LogP contribution in [0.1, 0.15) is 31.4 Å². The van der Waals surface area contributed by atoms with E-state index in [0.717, 1.165) is 38.5 Å². The van der Waals surface area contributed by atoms with Crippen LogP contribution in [0.3, 0.4) is 0 Å². The number of morpholine rings is 1. The second-order valence-electron chi connectivity index (χ2n) is 5.20. The van der Waals surface area contributed by atoms with Crippen LogP contribution < -0.4 is 5.73 Å². The Balaban J connectivity index is 1.68. The van der Waals surface area contributed by atoms with Gasteiger partial charge >= 0.3 is 0 Å². The Hall–Kier alpha value is -1.14. The van der Waals surface area contributed by atoms with E-state index in [-0.39, 0.29) is 6.10 Å². The number of nitrogens with two attached hydrogens (primary N) is 1. The van der Waals surface area contributed by atoms with Gasteiger partial charge < -0.3 is 10.5 Å². The minimum Gasteiger partial charge on any atom is -0.381 e. The van der Waals surface area contributed by atoms with Gasteiger partial charge in [0.1, 0.15) is 0 Å². The molecule has 0 bridgehead atoms. The standard InChI is InChI=1S/C12H21N5O/c1-2-16-5-6-18-10(7-16)8-17-11(9-3-4-9)12(13)14-15-17/h9-10H,2-8,13H2,1H3. The van der Waals surface area contributed by atoms with Crippen LogP contribution in [0.15, 0.2) is 0 Å². The normalized spacial score (nSPS) is 25.5. The number of nitrogens with zero attached hydrogens (tertiary/aromatic N) is 4. The average Bonchev–Trinajstić information content (AvgIpc) is 3.15. The zero-order chi connectivity index (χ0) is 12.5. The van der Waals surface area contributed by atoms with Gasteiger partial charge in [-0.1, -0.05) is 12.1 Å². The predicted molar refractivity (Wildman–Crippen MR) is 68.3 cm³/mol. The van der Waals surface area contributed by atoms with Crippen LogP contribution in [-0.2, 0) is 11.3 Å². The van der Waals surface area contributed by atoms with Crippen molar-refractivity contribution in [3.8, 4) is 0 Å². The highest BCUT2D eigenvalue weighted by Crippen LogP contribution is 2.42. The van der Waals surface area contributed by atoms with Crippen LogP contribution in [-0.4, -0.2) is 52.2 Å². The molecular weight excluding hydrogens is 230 g/mol. The fourth-order valence-corrected chi connectivity index (χ4v) is 2.62. The van der Waals surface area contributed by atoms with Gasteiger partial charge in [-0.05, 0) is 19.4 Å². The van der Waals surface area contributed by atoms with Crippen LogP contribution in [0.2, 0.25) is 0 Å². The molecule has 1 aromatic heterocycles. The van der Waals surface area contributed by atoms with Crippen molar-refractivity contribution in [2.45, 2.75) is 38.3 Å². The molecule has 0 spiro atoms. The third-order valence-corrected chi connectivity index (χ3v) is 3.81. The Kier molecular flexibility index (Phi) is 3.22. The van der Waals surface area contributed by atoms with E-state index in [1.807, 2.05) is 4.68 Å². The van der Waals surface area contributed by atoms with E-state index in [1.165, 1.54) is 12.8 Å². The molecule has 2 heterocycles. The first-order valence-corrected chi connectivity index (χ1v) is 6.80.